The van der Waals surface area contributed by atoms with Crippen LogP contribution in [0.2, 0.25) is 0 Å². The number of benzene rings is 1. The number of aryl methyl sites for hydroxylation is 1. The number of unbranched alkanes of at least 4 members (excludes halogenated alkanes) is 6. The molecule has 5 heteroatoms. The minimum absolute atomic E-state index is 0.0401. The fourth-order valence-electron chi connectivity index (χ4n) is 3.18. The molecule has 5 nitrogen and oxygen atoms in total. The third kappa shape index (κ3) is 5.04. The molecular formula is C21H28N2O3. The second-order valence-corrected chi connectivity index (χ2v) is 6.66. The first-order valence-corrected chi connectivity index (χ1v) is 9.47. The number of Topliss-reactive ketones (excluding diaryl/α,β-unsaturated/α-hetero) is 1. The predicted molar refractivity (Wildman–Crippen MR) is 102 cm³/mol. The lowest BCUT2D eigenvalue weighted by atomic mass is 10.0. The fraction of sp³-hybridized carbons (Fsp3) is 0.476. The molecule has 0 spiro atoms. The van der Waals surface area contributed by atoms with Crippen LogP contribution in [0.3, 0.4) is 0 Å². The van der Waals surface area contributed by atoms with Crippen LogP contribution in [0.4, 0.5) is 0 Å². The van der Waals surface area contributed by atoms with E-state index >= 15 is 0 Å². The number of hydrogen-bond acceptors (Lipinski definition) is 3. The fourth-order valence-corrected chi connectivity index (χ4v) is 3.18. The summed E-state index contributed by atoms with van der Waals surface area (Å²) < 4.78 is 1.36. The third-order valence-corrected chi connectivity index (χ3v) is 4.55. The molecule has 140 valence electrons. The van der Waals surface area contributed by atoms with Gasteiger partial charge in [0.25, 0.3) is 0 Å². The van der Waals surface area contributed by atoms with Crippen molar-refractivity contribution in [3.8, 4) is 5.69 Å². The number of para-hydroxylation sites is 1. The van der Waals surface area contributed by atoms with Crippen LogP contribution in [-0.4, -0.2) is 26.6 Å². The molecule has 26 heavy (non-hydrogen) atoms. The van der Waals surface area contributed by atoms with Crippen LogP contribution in [0.1, 0.15) is 84.8 Å². The zero-order valence-electron chi connectivity index (χ0n) is 15.7. The van der Waals surface area contributed by atoms with Crippen molar-refractivity contribution in [2.24, 2.45) is 0 Å². The van der Waals surface area contributed by atoms with Crippen molar-refractivity contribution >= 4 is 11.8 Å². The van der Waals surface area contributed by atoms with E-state index in [0.29, 0.717) is 17.8 Å². The molecule has 0 saturated heterocycles. The Labute approximate surface area is 155 Å². The first-order valence-electron chi connectivity index (χ1n) is 9.47. The van der Waals surface area contributed by atoms with Gasteiger partial charge in [0.2, 0.25) is 0 Å². The lowest BCUT2D eigenvalue weighted by molar-refractivity contribution is 0.0681. The van der Waals surface area contributed by atoms with Gasteiger partial charge in [-0.15, -0.1) is 0 Å². The molecule has 1 N–H and O–H groups in total. The van der Waals surface area contributed by atoms with Gasteiger partial charge < -0.3 is 5.11 Å². The summed E-state index contributed by atoms with van der Waals surface area (Å²) in [4.78, 5) is 24.5. The molecule has 0 amide bonds. The number of hydrogen-bond donors (Lipinski definition) is 1. The van der Waals surface area contributed by atoms with E-state index in [0.717, 1.165) is 19.3 Å². The van der Waals surface area contributed by atoms with Crippen LogP contribution in [0, 0.1) is 6.92 Å². The molecule has 2 aromatic rings. The molecule has 0 bridgehead atoms. The smallest absolute Gasteiger partial charge is 0.355 e. The van der Waals surface area contributed by atoms with E-state index in [4.69, 9.17) is 0 Å². The highest BCUT2D eigenvalue weighted by Gasteiger charge is 2.26. The molecule has 0 aliphatic carbocycles. The maximum Gasteiger partial charge on any atom is 0.355 e. The lowest BCUT2D eigenvalue weighted by Crippen LogP contribution is -2.13. The minimum Gasteiger partial charge on any atom is -0.476 e. The van der Waals surface area contributed by atoms with E-state index in [9.17, 15) is 14.7 Å². The maximum atomic E-state index is 12.7. The number of carbonyl (C=O) groups excluding carboxylic acids is 1. The maximum absolute atomic E-state index is 12.7. The van der Waals surface area contributed by atoms with Gasteiger partial charge >= 0.3 is 5.97 Å². The number of aromatic nitrogens is 2. The Morgan fingerprint density at radius 2 is 1.62 bits per heavy atom. The van der Waals surface area contributed by atoms with E-state index in [1.54, 1.807) is 19.1 Å². The predicted octanol–water partition coefficient (Wildman–Crippen LogP) is 5.20. The van der Waals surface area contributed by atoms with Crippen LogP contribution < -0.4 is 0 Å². The first kappa shape index (κ1) is 19.9. The summed E-state index contributed by atoms with van der Waals surface area (Å²) in [6, 6.07) is 9.05. The van der Waals surface area contributed by atoms with Gasteiger partial charge in [0.05, 0.1) is 16.9 Å². The molecule has 0 aliphatic heterocycles. The van der Waals surface area contributed by atoms with Crippen LogP contribution in [0.25, 0.3) is 5.69 Å². The van der Waals surface area contributed by atoms with E-state index in [2.05, 4.69) is 12.0 Å². The molecule has 0 unspecified atom stereocenters. The third-order valence-electron chi connectivity index (χ3n) is 4.55. The summed E-state index contributed by atoms with van der Waals surface area (Å²) in [7, 11) is 0. The summed E-state index contributed by atoms with van der Waals surface area (Å²) in [5.41, 5.74) is 1.32. The largest absolute Gasteiger partial charge is 0.476 e. The topological polar surface area (TPSA) is 72.2 Å². The molecule has 0 fully saturated rings. The number of ketones is 1. The number of carboxylic acid groups (broad SMARTS) is 1. The second kappa shape index (κ2) is 9.90. The van der Waals surface area contributed by atoms with Crippen molar-refractivity contribution < 1.29 is 14.7 Å². The Bertz CT molecular complexity index is 735. The highest BCUT2D eigenvalue weighted by molar-refractivity contribution is 6.06. The van der Waals surface area contributed by atoms with Gasteiger partial charge in [0.1, 0.15) is 0 Å². The minimum atomic E-state index is -1.13. The Morgan fingerprint density at radius 1 is 1.00 bits per heavy atom. The van der Waals surface area contributed by atoms with Gasteiger partial charge in [-0.1, -0.05) is 63.6 Å². The molecule has 0 radical (unpaired) electrons. The van der Waals surface area contributed by atoms with Crippen molar-refractivity contribution in [3.05, 3.63) is 47.3 Å². The molecule has 0 saturated carbocycles. The highest BCUT2D eigenvalue weighted by Crippen LogP contribution is 2.21. The van der Waals surface area contributed by atoms with Crippen molar-refractivity contribution in [2.75, 3.05) is 0 Å². The normalized spacial score (nSPS) is 10.8. The summed E-state index contributed by atoms with van der Waals surface area (Å²) in [6.07, 6.45) is 8.23. The zero-order valence-corrected chi connectivity index (χ0v) is 15.7. The van der Waals surface area contributed by atoms with Gasteiger partial charge in [-0.2, -0.15) is 5.10 Å². The number of carboxylic acids is 1. The van der Waals surface area contributed by atoms with E-state index < -0.39 is 5.97 Å². The molecule has 1 heterocycles. The van der Waals surface area contributed by atoms with E-state index in [-0.39, 0.29) is 17.0 Å². The van der Waals surface area contributed by atoms with Gasteiger partial charge in [0, 0.05) is 6.42 Å². The van der Waals surface area contributed by atoms with Crippen LogP contribution >= 0.6 is 0 Å². The molecule has 0 aliphatic rings. The summed E-state index contributed by atoms with van der Waals surface area (Å²) in [5, 5.41) is 14.0. The number of carbonyl (C=O) groups is 2. The van der Waals surface area contributed by atoms with Gasteiger partial charge in [-0.3, -0.25) is 4.79 Å². The van der Waals surface area contributed by atoms with E-state index in [1.807, 2.05) is 18.2 Å². The summed E-state index contributed by atoms with van der Waals surface area (Å²) in [6.45, 7) is 3.89. The van der Waals surface area contributed by atoms with Crippen molar-refractivity contribution in [3.63, 3.8) is 0 Å². The SMILES string of the molecule is CCCCCCCCCC(=O)c1c(C)nn(-c2ccccc2)c1C(=O)O. The number of aromatic carboxylic acids is 1. The molecule has 0 atom stereocenters. The Balaban J connectivity index is 2.07. The summed E-state index contributed by atoms with van der Waals surface area (Å²) in [5.74, 6) is -1.26. The Hall–Kier alpha value is -2.43. The average molecular weight is 356 g/mol. The van der Waals surface area contributed by atoms with E-state index in [1.165, 1.54) is 30.4 Å². The average Bonchev–Trinajstić information content (AvgIpc) is 2.99. The van der Waals surface area contributed by atoms with Gasteiger partial charge in [-0.05, 0) is 25.5 Å². The standard InChI is InChI=1S/C21H28N2O3/c1-3-4-5-6-7-8-12-15-18(24)19-16(2)22-23(20(19)21(25)26)17-13-10-9-11-14-17/h9-11,13-14H,3-8,12,15H2,1-2H3,(H,25,26). The van der Waals surface area contributed by atoms with Crippen molar-refractivity contribution in [1.82, 2.24) is 9.78 Å². The van der Waals surface area contributed by atoms with Crippen molar-refractivity contribution in [1.29, 1.82) is 0 Å². The molecule has 2 rings (SSSR count). The summed E-state index contributed by atoms with van der Waals surface area (Å²) >= 11 is 0. The second-order valence-electron chi connectivity index (χ2n) is 6.66. The number of rotatable bonds is 11. The van der Waals surface area contributed by atoms with Crippen LogP contribution in [0.5, 0.6) is 0 Å². The van der Waals surface area contributed by atoms with Crippen LogP contribution in [-0.2, 0) is 0 Å². The van der Waals surface area contributed by atoms with Gasteiger partial charge in [0.15, 0.2) is 11.5 Å². The molecule has 1 aromatic carbocycles. The highest BCUT2D eigenvalue weighted by atomic mass is 16.4. The first-order chi connectivity index (χ1) is 12.6. The molecule has 1 aromatic heterocycles. The monoisotopic (exact) mass is 356 g/mol. The van der Waals surface area contributed by atoms with Crippen LogP contribution in [0.15, 0.2) is 30.3 Å². The zero-order chi connectivity index (χ0) is 18.9. The van der Waals surface area contributed by atoms with Crippen molar-refractivity contribution in [2.45, 2.75) is 65.2 Å². The Kier molecular flexibility index (Phi) is 7.57. The van der Waals surface area contributed by atoms with Gasteiger partial charge in [-0.25, -0.2) is 9.48 Å². The quantitative estimate of drug-likeness (QED) is 0.443. The molecular weight excluding hydrogens is 328 g/mol. The Morgan fingerprint density at radius 3 is 2.23 bits per heavy atom. The lowest BCUT2D eigenvalue weighted by Gasteiger charge is -2.06. The number of nitrogens with zero attached hydrogens (tertiary/aromatic N) is 2.